The smallest absolute Gasteiger partial charge is 0.227 e. The lowest BCUT2D eigenvalue weighted by molar-refractivity contribution is -0.123. The van der Waals surface area contributed by atoms with Crippen LogP contribution in [0.3, 0.4) is 0 Å². The van der Waals surface area contributed by atoms with E-state index >= 15 is 0 Å². The molecule has 1 aliphatic heterocycles. The van der Waals surface area contributed by atoms with Crippen molar-refractivity contribution in [2.75, 3.05) is 11.1 Å². The van der Waals surface area contributed by atoms with Gasteiger partial charge in [0.05, 0.1) is 5.92 Å². The molecule has 7 heteroatoms. The summed E-state index contributed by atoms with van der Waals surface area (Å²) < 4.78 is 1.90. The zero-order valence-electron chi connectivity index (χ0n) is 12.2. The highest BCUT2D eigenvalue weighted by atomic mass is 32.2. The second kappa shape index (κ2) is 5.55. The predicted molar refractivity (Wildman–Crippen MR) is 88.3 cm³/mol. The first-order valence-electron chi connectivity index (χ1n) is 7.40. The molecule has 0 spiro atoms. The van der Waals surface area contributed by atoms with Crippen molar-refractivity contribution in [2.24, 2.45) is 5.92 Å². The molecule has 1 aliphatic carbocycles. The summed E-state index contributed by atoms with van der Waals surface area (Å²) in [5, 5.41) is 10.8. The lowest BCUT2D eigenvalue weighted by Gasteiger charge is -2.35. The summed E-state index contributed by atoms with van der Waals surface area (Å²) in [5.74, 6) is 1.79. The first-order valence-corrected chi connectivity index (χ1v) is 9.27. The van der Waals surface area contributed by atoms with E-state index in [0.717, 1.165) is 33.9 Å². The predicted octanol–water partition coefficient (Wildman–Crippen LogP) is 3.33. The number of carbonyl (C=O) groups excluding carboxylic acids is 1. The first kappa shape index (κ1) is 14.0. The van der Waals surface area contributed by atoms with Crippen LogP contribution in [0.4, 0.5) is 5.95 Å². The van der Waals surface area contributed by atoms with E-state index in [2.05, 4.69) is 34.5 Å². The average Bonchev–Trinajstić information content (AvgIpc) is 3.14. The Kier molecular flexibility index (Phi) is 3.54. The Morgan fingerprint density at radius 2 is 2.45 bits per heavy atom. The summed E-state index contributed by atoms with van der Waals surface area (Å²) in [7, 11) is 0. The molecule has 0 fully saturated rings. The molecule has 0 aromatic carbocycles. The van der Waals surface area contributed by atoms with Gasteiger partial charge in [-0.15, -0.1) is 16.4 Å². The second-order valence-corrected chi connectivity index (χ2v) is 7.53. The molecule has 5 nitrogen and oxygen atoms in total. The second-order valence-electron chi connectivity index (χ2n) is 5.32. The molecule has 0 unspecified atom stereocenters. The summed E-state index contributed by atoms with van der Waals surface area (Å²) in [6.45, 7) is 2.08. The highest BCUT2D eigenvalue weighted by Crippen LogP contribution is 2.43. The number of fused-ring (bicyclic) bond motifs is 2. The van der Waals surface area contributed by atoms with Crippen molar-refractivity contribution >= 4 is 34.8 Å². The van der Waals surface area contributed by atoms with Gasteiger partial charge in [0, 0.05) is 17.0 Å². The van der Waals surface area contributed by atoms with Gasteiger partial charge in [0.2, 0.25) is 11.1 Å². The van der Waals surface area contributed by atoms with Gasteiger partial charge >= 0.3 is 0 Å². The van der Waals surface area contributed by atoms with Gasteiger partial charge in [-0.2, -0.15) is 4.98 Å². The number of nitrogens with one attached hydrogen (secondary N) is 1. The van der Waals surface area contributed by atoms with Crippen LogP contribution in [0.15, 0.2) is 34.4 Å². The van der Waals surface area contributed by atoms with E-state index in [4.69, 9.17) is 0 Å². The minimum atomic E-state index is -0.166. The fourth-order valence-corrected chi connectivity index (χ4v) is 4.49. The van der Waals surface area contributed by atoms with Crippen molar-refractivity contribution in [1.82, 2.24) is 14.8 Å². The third-order valence-corrected chi connectivity index (χ3v) is 5.66. The summed E-state index contributed by atoms with van der Waals surface area (Å²) in [4.78, 5) is 18.3. The van der Waals surface area contributed by atoms with E-state index in [-0.39, 0.29) is 17.7 Å². The molecule has 3 heterocycles. The molecular formula is C15H16N4OS2. The summed E-state index contributed by atoms with van der Waals surface area (Å²) >= 11 is 3.29. The number of rotatable bonds is 3. The number of nitrogens with zero attached hydrogens (tertiary/aromatic N) is 3. The topological polar surface area (TPSA) is 59.8 Å². The van der Waals surface area contributed by atoms with E-state index in [1.54, 1.807) is 23.1 Å². The minimum Gasteiger partial charge on any atom is -0.328 e. The third kappa shape index (κ3) is 2.19. The summed E-state index contributed by atoms with van der Waals surface area (Å²) in [6.07, 6.45) is 3.55. The Hall–Kier alpha value is -1.60. The molecule has 0 radical (unpaired) electrons. The van der Waals surface area contributed by atoms with Crippen molar-refractivity contribution in [3.8, 4) is 0 Å². The molecule has 2 aliphatic rings. The number of ketones is 1. The van der Waals surface area contributed by atoms with Crippen molar-refractivity contribution in [2.45, 2.75) is 31.0 Å². The number of aromatic nitrogens is 3. The maximum absolute atomic E-state index is 12.5. The first-order chi connectivity index (χ1) is 10.8. The Balaban J connectivity index is 1.86. The van der Waals surface area contributed by atoms with Gasteiger partial charge in [-0.3, -0.25) is 4.79 Å². The summed E-state index contributed by atoms with van der Waals surface area (Å²) in [5.41, 5.74) is 0.989. The number of allylic oxidation sites excluding steroid dienone is 2. The standard InChI is InChI=1S/C15H16N4OS2/c1-2-21-15-17-14-16-9-5-3-6-10(20)12(9)13(19(14)18-15)11-7-4-8-22-11/h4-5,7-8,12-13H,2-3,6H2,1H3,(H,16,17,18)/t12-,13-/m0/s1. The van der Waals surface area contributed by atoms with Gasteiger partial charge < -0.3 is 5.32 Å². The Labute approximate surface area is 136 Å². The molecule has 2 aromatic rings. The van der Waals surface area contributed by atoms with Gasteiger partial charge in [0.15, 0.2) is 0 Å². The average molecular weight is 332 g/mol. The number of anilines is 1. The van der Waals surface area contributed by atoms with Crippen LogP contribution in [-0.2, 0) is 4.79 Å². The minimum absolute atomic E-state index is 0.0750. The SMILES string of the molecule is CCSc1nc2n(n1)[C@@H](c1cccs1)[C@@H]1C(=O)CCC=C1N2. The van der Waals surface area contributed by atoms with Crippen molar-refractivity contribution in [3.05, 3.63) is 34.2 Å². The Bertz CT molecular complexity index is 735. The fourth-order valence-electron chi connectivity index (χ4n) is 3.09. The van der Waals surface area contributed by atoms with Crippen LogP contribution < -0.4 is 5.32 Å². The van der Waals surface area contributed by atoms with Crippen LogP contribution in [0.25, 0.3) is 0 Å². The Morgan fingerprint density at radius 1 is 1.55 bits per heavy atom. The molecular weight excluding hydrogens is 316 g/mol. The summed E-state index contributed by atoms with van der Waals surface area (Å²) in [6, 6.07) is 4.03. The highest BCUT2D eigenvalue weighted by Gasteiger charge is 2.41. The third-order valence-electron chi connectivity index (χ3n) is 3.99. The van der Waals surface area contributed by atoms with Crippen molar-refractivity contribution < 1.29 is 4.79 Å². The van der Waals surface area contributed by atoms with Crippen LogP contribution in [0, 0.1) is 5.92 Å². The monoisotopic (exact) mass is 332 g/mol. The van der Waals surface area contributed by atoms with E-state index in [9.17, 15) is 4.79 Å². The molecule has 22 heavy (non-hydrogen) atoms. The quantitative estimate of drug-likeness (QED) is 0.874. The number of thioether (sulfide) groups is 1. The van der Waals surface area contributed by atoms with Gasteiger partial charge in [0.1, 0.15) is 11.8 Å². The maximum Gasteiger partial charge on any atom is 0.227 e. The largest absolute Gasteiger partial charge is 0.328 e. The Morgan fingerprint density at radius 3 is 3.23 bits per heavy atom. The zero-order chi connectivity index (χ0) is 15.1. The molecule has 0 amide bonds. The molecule has 0 saturated heterocycles. The van der Waals surface area contributed by atoms with Crippen LogP contribution in [0.5, 0.6) is 0 Å². The van der Waals surface area contributed by atoms with Crippen LogP contribution in [-0.4, -0.2) is 26.3 Å². The molecule has 0 bridgehead atoms. The number of hydrogen-bond donors (Lipinski definition) is 1. The number of carbonyl (C=O) groups is 1. The van der Waals surface area contributed by atoms with Crippen molar-refractivity contribution in [1.29, 1.82) is 0 Å². The van der Waals surface area contributed by atoms with Gasteiger partial charge in [-0.1, -0.05) is 30.8 Å². The van der Waals surface area contributed by atoms with Gasteiger partial charge in [-0.25, -0.2) is 4.68 Å². The van der Waals surface area contributed by atoms with E-state index < -0.39 is 0 Å². The number of hydrogen-bond acceptors (Lipinski definition) is 6. The highest BCUT2D eigenvalue weighted by molar-refractivity contribution is 7.99. The normalized spacial score (nSPS) is 23.5. The molecule has 1 N–H and O–H groups in total. The van der Waals surface area contributed by atoms with Crippen LogP contribution in [0.1, 0.15) is 30.7 Å². The lowest BCUT2D eigenvalue weighted by atomic mass is 9.83. The van der Waals surface area contributed by atoms with Crippen LogP contribution in [0.2, 0.25) is 0 Å². The van der Waals surface area contributed by atoms with E-state index in [0.29, 0.717) is 6.42 Å². The molecule has 2 atom stereocenters. The molecule has 4 rings (SSSR count). The lowest BCUT2D eigenvalue weighted by Crippen LogP contribution is -2.38. The number of Topliss-reactive ketones (excluding diaryl/α,β-unsaturated/α-hetero) is 1. The molecule has 2 aromatic heterocycles. The molecule has 0 saturated carbocycles. The van der Waals surface area contributed by atoms with E-state index in [1.165, 1.54) is 0 Å². The number of thiophene rings is 1. The van der Waals surface area contributed by atoms with E-state index in [1.807, 2.05) is 16.1 Å². The molecule has 114 valence electrons. The fraction of sp³-hybridized carbons (Fsp3) is 0.400. The zero-order valence-corrected chi connectivity index (χ0v) is 13.8. The maximum atomic E-state index is 12.5. The van der Waals surface area contributed by atoms with Gasteiger partial charge in [-0.05, 0) is 23.6 Å². The van der Waals surface area contributed by atoms with Crippen LogP contribution >= 0.6 is 23.1 Å². The van der Waals surface area contributed by atoms with Gasteiger partial charge in [0.25, 0.3) is 0 Å². The van der Waals surface area contributed by atoms with Crippen molar-refractivity contribution in [3.63, 3.8) is 0 Å².